The predicted octanol–water partition coefficient (Wildman–Crippen LogP) is 4.00. The Morgan fingerprint density at radius 1 is 0.857 bits per heavy atom. The summed E-state index contributed by atoms with van der Waals surface area (Å²) >= 11 is 0. The average molecular weight is 300 g/mol. The molecule has 21 heavy (non-hydrogen) atoms. The lowest BCUT2D eigenvalue weighted by atomic mass is 10.2. The highest BCUT2D eigenvalue weighted by atomic mass is 28.4. The fourth-order valence-corrected chi connectivity index (χ4v) is 7.09. The Hall–Kier alpha value is -1.87. The molecule has 0 N–H and O–H groups in total. The Bertz CT molecular complexity index is 548. The summed E-state index contributed by atoms with van der Waals surface area (Å²) in [5, 5.41) is 2.15. The molecular formula is C18H21FOSi. The van der Waals surface area contributed by atoms with Crippen LogP contribution in [0, 0.1) is 0 Å². The summed E-state index contributed by atoms with van der Waals surface area (Å²) in [5.41, 5.74) is 0. The molecule has 110 valence electrons. The Morgan fingerprint density at radius 3 is 1.62 bits per heavy atom. The summed E-state index contributed by atoms with van der Waals surface area (Å²) in [6.07, 6.45) is 1.66. The Kier molecular flexibility index (Phi) is 4.63. The van der Waals surface area contributed by atoms with Gasteiger partial charge in [-0.25, -0.2) is 4.39 Å². The molecule has 0 amide bonds. The number of benzene rings is 2. The Labute approximate surface area is 127 Å². The fourth-order valence-electron chi connectivity index (χ4n) is 2.82. The van der Waals surface area contributed by atoms with E-state index in [9.17, 15) is 4.39 Å². The van der Waals surface area contributed by atoms with E-state index < -0.39 is 8.32 Å². The van der Waals surface area contributed by atoms with E-state index in [0.717, 1.165) is 10.4 Å². The molecule has 2 aromatic rings. The van der Waals surface area contributed by atoms with Crippen LogP contribution in [0.15, 0.2) is 73.3 Å². The molecule has 0 aromatic heterocycles. The summed E-state index contributed by atoms with van der Waals surface area (Å²) < 4.78 is 18.8. The SMILES string of the molecule is CC(C)(C)[Si](O/C=C/F)(c1ccccc1)c1ccccc1. The molecule has 0 radical (unpaired) electrons. The van der Waals surface area contributed by atoms with E-state index in [1.54, 1.807) is 0 Å². The summed E-state index contributed by atoms with van der Waals surface area (Å²) in [6.45, 7) is 6.47. The molecular weight excluding hydrogens is 279 g/mol. The van der Waals surface area contributed by atoms with E-state index in [1.165, 1.54) is 6.26 Å². The van der Waals surface area contributed by atoms with Crippen LogP contribution in [0.25, 0.3) is 0 Å². The van der Waals surface area contributed by atoms with Crippen molar-refractivity contribution in [1.29, 1.82) is 0 Å². The molecule has 2 aromatic carbocycles. The lowest BCUT2D eigenvalue weighted by molar-refractivity contribution is 0.434. The summed E-state index contributed by atoms with van der Waals surface area (Å²) in [5.74, 6) is 0. The molecule has 0 aliphatic heterocycles. The van der Waals surface area contributed by atoms with Crippen molar-refractivity contribution in [3.05, 3.63) is 73.3 Å². The minimum absolute atomic E-state index is 0.130. The number of halogens is 1. The first-order chi connectivity index (χ1) is 10.0. The molecule has 0 saturated carbocycles. The zero-order chi connectivity index (χ0) is 15.3. The smallest absolute Gasteiger partial charge is 0.319 e. The molecule has 0 atom stereocenters. The van der Waals surface area contributed by atoms with Gasteiger partial charge in [0.1, 0.15) is 6.33 Å². The van der Waals surface area contributed by atoms with Crippen molar-refractivity contribution in [2.75, 3.05) is 0 Å². The number of rotatable bonds is 4. The average Bonchev–Trinajstić information content (AvgIpc) is 2.49. The van der Waals surface area contributed by atoms with Crippen molar-refractivity contribution < 1.29 is 8.82 Å². The fraction of sp³-hybridized carbons (Fsp3) is 0.222. The van der Waals surface area contributed by atoms with Crippen LogP contribution >= 0.6 is 0 Å². The van der Waals surface area contributed by atoms with Crippen molar-refractivity contribution in [3.63, 3.8) is 0 Å². The highest BCUT2D eigenvalue weighted by Crippen LogP contribution is 2.36. The van der Waals surface area contributed by atoms with Crippen molar-refractivity contribution >= 4 is 18.7 Å². The van der Waals surface area contributed by atoms with Gasteiger partial charge in [0.05, 0.1) is 6.26 Å². The van der Waals surface area contributed by atoms with E-state index >= 15 is 0 Å². The van der Waals surface area contributed by atoms with Gasteiger partial charge in [-0.15, -0.1) is 0 Å². The maximum atomic E-state index is 12.7. The van der Waals surface area contributed by atoms with Gasteiger partial charge in [0.15, 0.2) is 0 Å². The quantitative estimate of drug-likeness (QED) is 0.612. The van der Waals surface area contributed by atoms with E-state index in [4.69, 9.17) is 4.43 Å². The van der Waals surface area contributed by atoms with Crippen molar-refractivity contribution in [1.82, 2.24) is 0 Å². The van der Waals surface area contributed by atoms with Crippen LogP contribution in [0.3, 0.4) is 0 Å². The van der Waals surface area contributed by atoms with Crippen LogP contribution < -0.4 is 10.4 Å². The number of hydrogen-bond donors (Lipinski definition) is 0. The van der Waals surface area contributed by atoms with Gasteiger partial charge >= 0.3 is 8.32 Å². The second-order valence-electron chi connectivity index (χ2n) is 6.04. The largest absolute Gasteiger partial charge is 0.538 e. The zero-order valence-corrected chi connectivity index (χ0v) is 13.7. The van der Waals surface area contributed by atoms with Crippen LogP contribution in [0.4, 0.5) is 4.39 Å². The molecule has 0 unspecified atom stereocenters. The molecule has 0 bridgehead atoms. The van der Waals surface area contributed by atoms with E-state index in [0.29, 0.717) is 6.33 Å². The maximum absolute atomic E-state index is 12.7. The zero-order valence-electron chi connectivity index (χ0n) is 12.7. The lowest BCUT2D eigenvalue weighted by Crippen LogP contribution is -2.65. The topological polar surface area (TPSA) is 9.23 Å². The van der Waals surface area contributed by atoms with Gasteiger partial charge in [0, 0.05) is 0 Å². The molecule has 0 heterocycles. The summed E-state index contributed by atoms with van der Waals surface area (Å²) in [6, 6.07) is 20.3. The molecule has 0 spiro atoms. The van der Waals surface area contributed by atoms with Gasteiger partial charge in [-0.1, -0.05) is 81.4 Å². The van der Waals surface area contributed by atoms with Gasteiger partial charge in [-0.2, -0.15) is 0 Å². The van der Waals surface area contributed by atoms with E-state index in [1.807, 2.05) is 36.4 Å². The minimum Gasteiger partial charge on any atom is -0.538 e. The van der Waals surface area contributed by atoms with Gasteiger partial charge < -0.3 is 4.43 Å². The first kappa shape index (κ1) is 15.5. The van der Waals surface area contributed by atoms with Gasteiger partial charge in [0.25, 0.3) is 0 Å². The monoisotopic (exact) mass is 300 g/mol. The predicted molar refractivity (Wildman–Crippen MR) is 89.0 cm³/mol. The standard InChI is InChI=1S/C18H21FOSi/c1-18(2,3)21(20-15-14-19,16-10-6-4-7-11-16)17-12-8-5-9-13-17/h4-15H,1-3H3/b15-14+. The minimum atomic E-state index is -2.60. The second kappa shape index (κ2) is 6.27. The molecule has 3 heteroatoms. The van der Waals surface area contributed by atoms with E-state index in [-0.39, 0.29) is 5.04 Å². The van der Waals surface area contributed by atoms with Crippen LogP contribution in [0.5, 0.6) is 0 Å². The third-order valence-corrected chi connectivity index (χ3v) is 8.61. The van der Waals surface area contributed by atoms with Crippen molar-refractivity contribution in [2.45, 2.75) is 25.8 Å². The molecule has 0 aliphatic rings. The normalized spacial score (nSPS) is 12.6. The summed E-state index contributed by atoms with van der Waals surface area (Å²) in [4.78, 5) is 0. The molecule has 0 aliphatic carbocycles. The lowest BCUT2D eigenvalue weighted by Gasteiger charge is -2.41. The van der Waals surface area contributed by atoms with Crippen LogP contribution in [0.1, 0.15) is 20.8 Å². The molecule has 0 saturated heterocycles. The van der Waals surface area contributed by atoms with Crippen molar-refractivity contribution in [2.24, 2.45) is 0 Å². The van der Waals surface area contributed by atoms with Crippen LogP contribution in [-0.2, 0) is 4.43 Å². The third kappa shape index (κ3) is 2.93. The van der Waals surface area contributed by atoms with Crippen molar-refractivity contribution in [3.8, 4) is 0 Å². The second-order valence-corrected chi connectivity index (χ2v) is 10.3. The van der Waals surface area contributed by atoms with Gasteiger partial charge in [-0.3, -0.25) is 0 Å². The molecule has 1 nitrogen and oxygen atoms in total. The van der Waals surface area contributed by atoms with E-state index in [2.05, 4.69) is 45.0 Å². The van der Waals surface area contributed by atoms with Crippen LogP contribution in [0.2, 0.25) is 5.04 Å². The van der Waals surface area contributed by atoms with Gasteiger partial charge in [-0.05, 0) is 15.4 Å². The third-order valence-electron chi connectivity index (χ3n) is 3.71. The molecule has 2 rings (SSSR count). The number of hydrogen-bond acceptors (Lipinski definition) is 1. The first-order valence-electron chi connectivity index (χ1n) is 7.06. The first-order valence-corrected chi connectivity index (χ1v) is 8.97. The molecule has 0 fully saturated rings. The highest BCUT2D eigenvalue weighted by Gasteiger charge is 2.51. The Morgan fingerprint density at radius 2 is 1.29 bits per heavy atom. The Balaban J connectivity index is 2.72. The van der Waals surface area contributed by atoms with Gasteiger partial charge in [0.2, 0.25) is 0 Å². The maximum Gasteiger partial charge on any atom is 0.319 e. The van der Waals surface area contributed by atoms with Crippen LogP contribution in [-0.4, -0.2) is 8.32 Å². The summed E-state index contributed by atoms with van der Waals surface area (Å²) in [7, 11) is -2.60. The highest BCUT2D eigenvalue weighted by molar-refractivity contribution is 6.99.